The van der Waals surface area contributed by atoms with Gasteiger partial charge in [0.15, 0.2) is 0 Å². The maximum absolute atomic E-state index is 12.3. The highest BCUT2D eigenvalue weighted by Crippen LogP contribution is 2.18. The summed E-state index contributed by atoms with van der Waals surface area (Å²) in [5.74, 6) is 6.56. The lowest BCUT2D eigenvalue weighted by atomic mass is 10.00. The Morgan fingerprint density at radius 3 is 2.40 bits per heavy atom. The Hall–Kier alpha value is -1.95. The van der Waals surface area contributed by atoms with Gasteiger partial charge in [0.05, 0.1) is 11.5 Å². The van der Waals surface area contributed by atoms with E-state index in [1.165, 1.54) is 19.1 Å². The molecule has 1 aliphatic heterocycles. The lowest BCUT2D eigenvalue weighted by Gasteiger charge is -2.33. The fraction of sp³-hybridized carbons (Fsp3) is 0.500. The van der Waals surface area contributed by atoms with E-state index < -0.39 is 0 Å². The number of hydrazine groups is 1. The quantitative estimate of drug-likeness (QED) is 0.241. The van der Waals surface area contributed by atoms with Crippen LogP contribution < -0.4 is 11.6 Å². The highest BCUT2D eigenvalue weighted by molar-refractivity contribution is 5.76. The van der Waals surface area contributed by atoms with Crippen LogP contribution in [0.1, 0.15) is 26.7 Å². The third kappa shape index (κ3) is 4.31. The first kappa shape index (κ1) is 16.1. The van der Waals surface area contributed by atoms with Crippen molar-refractivity contribution in [1.29, 1.82) is 0 Å². The topological polar surface area (TPSA) is 95.8 Å². The number of urea groups is 1. The molecule has 20 heavy (non-hydrogen) atoms. The summed E-state index contributed by atoms with van der Waals surface area (Å²) < 4.78 is 0. The van der Waals surface area contributed by atoms with Gasteiger partial charge in [-0.15, -0.1) is 0 Å². The molecule has 1 heterocycles. The van der Waals surface area contributed by atoms with Crippen LogP contribution in [0.2, 0.25) is 0 Å². The third-order valence-electron chi connectivity index (χ3n) is 3.33. The van der Waals surface area contributed by atoms with Crippen LogP contribution in [0.5, 0.6) is 0 Å². The summed E-state index contributed by atoms with van der Waals surface area (Å²) in [6, 6.07) is -0.307. The van der Waals surface area contributed by atoms with Crippen molar-refractivity contribution in [3.8, 4) is 0 Å². The van der Waals surface area contributed by atoms with E-state index in [4.69, 9.17) is 11.6 Å². The molecule has 0 aromatic heterocycles. The number of carbonyl (C=O) groups is 1. The van der Waals surface area contributed by atoms with Gasteiger partial charge in [-0.3, -0.25) is 0 Å². The summed E-state index contributed by atoms with van der Waals surface area (Å²) in [4.78, 5) is 14.0. The number of amides is 2. The van der Waals surface area contributed by atoms with Crippen molar-refractivity contribution in [2.24, 2.45) is 17.5 Å². The van der Waals surface area contributed by atoms with Gasteiger partial charge in [-0.2, -0.15) is 0 Å². The lowest BCUT2D eigenvalue weighted by Crippen LogP contribution is -2.49. The molecule has 0 aliphatic carbocycles. The lowest BCUT2D eigenvalue weighted by molar-refractivity contribution is 0.146. The van der Waals surface area contributed by atoms with Gasteiger partial charge in [-0.05, 0) is 37.8 Å². The van der Waals surface area contributed by atoms with Crippen LogP contribution >= 0.6 is 0 Å². The van der Waals surface area contributed by atoms with Gasteiger partial charge in [0.25, 0.3) is 0 Å². The molecule has 0 bridgehead atoms. The Kier molecular flexibility index (Phi) is 5.64. The zero-order valence-corrected chi connectivity index (χ0v) is 12.2. The molecule has 2 amide bonds. The van der Waals surface area contributed by atoms with Gasteiger partial charge < -0.3 is 15.7 Å². The number of allylic oxidation sites excluding steroid dienone is 3. The standard InChI is InChI=1S/C14H24N4O2/c1-10-6-8-17(9-7-10)14(20)18(16)13(12(3)15)5-4-11(2)19/h4-5,10,19H,3,6-9,15-16H2,1-2H3/b11-4+,13-5+. The first-order chi connectivity index (χ1) is 9.32. The molecule has 1 fully saturated rings. The maximum atomic E-state index is 12.3. The Labute approximate surface area is 120 Å². The predicted molar refractivity (Wildman–Crippen MR) is 79.2 cm³/mol. The summed E-state index contributed by atoms with van der Waals surface area (Å²) in [5, 5.41) is 10.2. The molecule has 5 N–H and O–H groups in total. The molecule has 0 spiro atoms. The molecule has 0 aromatic rings. The fourth-order valence-corrected chi connectivity index (χ4v) is 2.00. The van der Waals surface area contributed by atoms with Gasteiger partial charge in [-0.1, -0.05) is 13.5 Å². The Balaban J connectivity index is 2.82. The van der Waals surface area contributed by atoms with Crippen LogP contribution in [-0.4, -0.2) is 34.1 Å². The number of likely N-dealkylation sites (tertiary alicyclic amines) is 1. The average molecular weight is 280 g/mol. The van der Waals surface area contributed by atoms with Crippen molar-refractivity contribution in [2.75, 3.05) is 13.1 Å². The van der Waals surface area contributed by atoms with Gasteiger partial charge in [0.2, 0.25) is 0 Å². The van der Waals surface area contributed by atoms with E-state index in [-0.39, 0.29) is 23.2 Å². The van der Waals surface area contributed by atoms with Gasteiger partial charge in [0, 0.05) is 18.8 Å². The second-order valence-electron chi connectivity index (χ2n) is 5.21. The van der Waals surface area contributed by atoms with Crippen LogP contribution in [0.25, 0.3) is 0 Å². The number of piperidine rings is 1. The smallest absolute Gasteiger partial charge is 0.338 e. The highest BCUT2D eigenvalue weighted by Gasteiger charge is 2.25. The van der Waals surface area contributed by atoms with Crippen LogP contribution in [0.3, 0.4) is 0 Å². The van der Waals surface area contributed by atoms with Crippen molar-refractivity contribution in [2.45, 2.75) is 26.7 Å². The van der Waals surface area contributed by atoms with Crippen molar-refractivity contribution in [1.82, 2.24) is 9.91 Å². The van der Waals surface area contributed by atoms with E-state index in [1.807, 2.05) is 0 Å². The number of aliphatic hydroxyl groups is 1. The molecule has 0 unspecified atom stereocenters. The highest BCUT2D eigenvalue weighted by atomic mass is 16.3. The monoisotopic (exact) mass is 280 g/mol. The fourth-order valence-electron chi connectivity index (χ4n) is 2.00. The molecule has 1 saturated heterocycles. The van der Waals surface area contributed by atoms with E-state index in [0.29, 0.717) is 19.0 Å². The Bertz CT molecular complexity index is 430. The molecule has 1 rings (SSSR count). The molecular formula is C14H24N4O2. The number of nitrogens with zero attached hydrogens (tertiary/aromatic N) is 2. The molecule has 6 nitrogen and oxygen atoms in total. The van der Waals surface area contributed by atoms with Crippen molar-refractivity contribution in [3.63, 3.8) is 0 Å². The number of carbonyl (C=O) groups excluding carboxylic acids is 1. The van der Waals surface area contributed by atoms with Crippen molar-refractivity contribution >= 4 is 6.03 Å². The second kappa shape index (κ2) is 7.00. The van der Waals surface area contributed by atoms with Crippen LogP contribution in [-0.2, 0) is 0 Å². The van der Waals surface area contributed by atoms with E-state index in [9.17, 15) is 9.90 Å². The van der Waals surface area contributed by atoms with E-state index >= 15 is 0 Å². The SMILES string of the molecule is C=C(N)/C(=C\C=C(/C)O)N(N)C(=O)N1CCC(C)CC1. The predicted octanol–water partition coefficient (Wildman–Crippen LogP) is 1.83. The first-order valence-corrected chi connectivity index (χ1v) is 6.69. The molecule has 0 saturated carbocycles. The van der Waals surface area contributed by atoms with Crippen LogP contribution in [0.4, 0.5) is 4.79 Å². The molecular weight excluding hydrogens is 256 g/mol. The average Bonchev–Trinajstić information content (AvgIpc) is 2.38. The van der Waals surface area contributed by atoms with E-state index in [2.05, 4.69) is 13.5 Å². The van der Waals surface area contributed by atoms with Crippen LogP contribution in [0.15, 0.2) is 35.9 Å². The molecule has 0 aromatic carbocycles. The van der Waals surface area contributed by atoms with Gasteiger partial charge in [0.1, 0.15) is 0 Å². The van der Waals surface area contributed by atoms with Crippen LogP contribution in [0, 0.1) is 5.92 Å². The molecule has 0 atom stereocenters. The summed E-state index contributed by atoms with van der Waals surface area (Å²) in [5.41, 5.74) is 6.10. The zero-order chi connectivity index (χ0) is 15.3. The number of nitrogens with two attached hydrogens (primary N) is 2. The second-order valence-corrected chi connectivity index (χ2v) is 5.21. The Morgan fingerprint density at radius 1 is 1.40 bits per heavy atom. The zero-order valence-electron chi connectivity index (χ0n) is 12.2. The first-order valence-electron chi connectivity index (χ1n) is 6.69. The third-order valence-corrected chi connectivity index (χ3v) is 3.33. The molecule has 112 valence electrons. The molecule has 1 aliphatic rings. The molecule has 6 heteroatoms. The summed E-state index contributed by atoms with van der Waals surface area (Å²) in [6.45, 7) is 8.66. The van der Waals surface area contributed by atoms with Crippen molar-refractivity contribution < 1.29 is 9.90 Å². The number of aliphatic hydroxyl groups excluding tert-OH is 1. The minimum Gasteiger partial charge on any atom is -0.513 e. The van der Waals surface area contributed by atoms with E-state index in [1.54, 1.807) is 4.90 Å². The summed E-state index contributed by atoms with van der Waals surface area (Å²) in [7, 11) is 0. The van der Waals surface area contributed by atoms with E-state index in [0.717, 1.165) is 17.9 Å². The van der Waals surface area contributed by atoms with Crippen molar-refractivity contribution in [3.05, 3.63) is 35.9 Å². The maximum Gasteiger partial charge on any atom is 0.338 e. The molecule has 0 radical (unpaired) electrons. The van der Waals surface area contributed by atoms with Gasteiger partial charge in [-0.25, -0.2) is 15.6 Å². The number of hydrogen-bond donors (Lipinski definition) is 3. The minimum atomic E-state index is -0.307. The van der Waals surface area contributed by atoms with Gasteiger partial charge >= 0.3 is 6.03 Å². The number of hydrogen-bond acceptors (Lipinski definition) is 4. The largest absolute Gasteiger partial charge is 0.513 e. The summed E-state index contributed by atoms with van der Waals surface area (Å²) in [6.07, 6.45) is 4.83. The normalized spacial score (nSPS) is 18.1. The minimum absolute atomic E-state index is 0.0939. The Morgan fingerprint density at radius 2 is 1.95 bits per heavy atom. The summed E-state index contributed by atoms with van der Waals surface area (Å²) >= 11 is 0. The number of rotatable bonds is 3.